The van der Waals surface area contributed by atoms with Crippen LogP contribution in [0.2, 0.25) is 0 Å². The van der Waals surface area contributed by atoms with Crippen molar-refractivity contribution in [2.24, 2.45) is 5.92 Å². The molecule has 0 saturated carbocycles. The molecule has 0 unspecified atom stereocenters. The van der Waals surface area contributed by atoms with Crippen molar-refractivity contribution in [1.29, 1.82) is 0 Å². The first kappa shape index (κ1) is 11.2. The summed E-state index contributed by atoms with van der Waals surface area (Å²) in [5.41, 5.74) is 0. The quantitative estimate of drug-likeness (QED) is 0.635. The van der Waals surface area contributed by atoms with Crippen LogP contribution in [0.15, 0.2) is 0 Å². The Balaban J connectivity index is 4.43. The predicted octanol–water partition coefficient (Wildman–Crippen LogP) is 2.84. The van der Waals surface area contributed by atoms with E-state index in [1.54, 1.807) is 13.8 Å². The number of hydrogen-bond donors (Lipinski definition) is 0. The third-order valence-electron chi connectivity index (χ3n) is 1.75. The van der Waals surface area contributed by atoms with Crippen molar-refractivity contribution in [2.45, 2.75) is 37.9 Å². The summed E-state index contributed by atoms with van der Waals surface area (Å²) in [6, 6.07) is 0. The zero-order chi connectivity index (χ0) is 9.23. The molecule has 0 aliphatic rings. The van der Waals surface area contributed by atoms with Gasteiger partial charge >= 0.3 is 0 Å². The highest BCUT2D eigenvalue weighted by Crippen LogP contribution is 2.27. The normalized spacial score (nSPS) is 19.5. The van der Waals surface area contributed by atoms with E-state index in [0.29, 0.717) is 0 Å². The molecule has 0 spiro atoms. The monoisotopic (exact) mass is 196 g/mol. The van der Waals surface area contributed by atoms with Crippen molar-refractivity contribution in [3.8, 4) is 0 Å². The Kier molecular flexibility index (Phi) is 3.86. The maximum Gasteiger partial charge on any atom is 0.157 e. The van der Waals surface area contributed by atoms with Crippen LogP contribution >= 0.6 is 23.2 Å². The van der Waals surface area contributed by atoms with E-state index in [9.17, 15) is 4.79 Å². The fraction of sp³-hybridized carbons (Fsp3) is 0.875. The minimum Gasteiger partial charge on any atom is -0.297 e. The van der Waals surface area contributed by atoms with Crippen LogP contribution in [0, 0.1) is 5.92 Å². The van der Waals surface area contributed by atoms with E-state index in [1.807, 2.05) is 13.8 Å². The minimum absolute atomic E-state index is 0.00154. The van der Waals surface area contributed by atoms with Crippen LogP contribution in [0.3, 0.4) is 0 Å². The van der Waals surface area contributed by atoms with Crippen molar-refractivity contribution in [1.82, 2.24) is 0 Å². The average molecular weight is 197 g/mol. The lowest BCUT2D eigenvalue weighted by atomic mass is 9.94. The van der Waals surface area contributed by atoms with Gasteiger partial charge in [-0.25, -0.2) is 0 Å². The molecule has 0 heterocycles. The second-order valence-corrected chi connectivity index (χ2v) is 4.65. The highest BCUT2D eigenvalue weighted by atomic mass is 35.5. The van der Waals surface area contributed by atoms with Crippen LogP contribution in [0.1, 0.15) is 27.7 Å². The van der Waals surface area contributed by atoms with Gasteiger partial charge in [0.2, 0.25) is 0 Å². The first-order valence-electron chi connectivity index (χ1n) is 3.67. The summed E-state index contributed by atoms with van der Waals surface area (Å²) >= 11 is 11.7. The summed E-state index contributed by atoms with van der Waals surface area (Å²) in [5, 5.41) is -0.334. The lowest BCUT2D eigenvalue weighted by Gasteiger charge is -2.24. The second kappa shape index (κ2) is 3.77. The van der Waals surface area contributed by atoms with Gasteiger partial charge in [-0.3, -0.25) is 4.79 Å². The Morgan fingerprint density at radius 1 is 1.36 bits per heavy atom. The molecular weight excluding hydrogens is 183 g/mol. The number of rotatable bonds is 3. The molecule has 0 N–H and O–H groups in total. The molecule has 2 atom stereocenters. The molecule has 3 heteroatoms. The van der Waals surface area contributed by atoms with Crippen molar-refractivity contribution in [3.63, 3.8) is 0 Å². The Morgan fingerprint density at radius 2 is 1.73 bits per heavy atom. The van der Waals surface area contributed by atoms with Crippen molar-refractivity contribution in [3.05, 3.63) is 0 Å². The van der Waals surface area contributed by atoms with Gasteiger partial charge in [-0.1, -0.05) is 13.8 Å². The van der Waals surface area contributed by atoms with Crippen LogP contribution in [-0.4, -0.2) is 16.0 Å². The molecule has 0 rings (SSSR count). The van der Waals surface area contributed by atoms with Gasteiger partial charge < -0.3 is 0 Å². The molecule has 0 aliphatic heterocycles. The van der Waals surface area contributed by atoms with Gasteiger partial charge in [0.1, 0.15) is 4.87 Å². The third-order valence-corrected chi connectivity index (χ3v) is 2.81. The van der Waals surface area contributed by atoms with E-state index in [2.05, 4.69) is 0 Å². The summed E-state index contributed by atoms with van der Waals surface area (Å²) in [7, 11) is 0. The van der Waals surface area contributed by atoms with Crippen LogP contribution < -0.4 is 0 Å². The maximum absolute atomic E-state index is 11.4. The summed E-state index contributed by atoms with van der Waals surface area (Å²) in [5.74, 6) is -0.0552. The standard InChI is InChI=1S/C8H14Cl2O/c1-5(2)7(11)8(4,10)6(3)9/h5-6H,1-4H3/t6-,8-/m1/s1. The lowest BCUT2D eigenvalue weighted by molar-refractivity contribution is -0.124. The third kappa shape index (κ3) is 2.64. The molecule has 0 aliphatic carbocycles. The molecule has 0 amide bonds. The number of carbonyl (C=O) groups excluding carboxylic acids is 1. The molecule has 0 aromatic heterocycles. The number of hydrogen-bond acceptors (Lipinski definition) is 1. The fourth-order valence-corrected chi connectivity index (χ4v) is 1.09. The van der Waals surface area contributed by atoms with E-state index < -0.39 is 4.87 Å². The van der Waals surface area contributed by atoms with E-state index in [4.69, 9.17) is 23.2 Å². The molecule has 0 bridgehead atoms. The van der Waals surface area contributed by atoms with Gasteiger partial charge in [0, 0.05) is 5.92 Å². The largest absolute Gasteiger partial charge is 0.297 e. The highest BCUT2D eigenvalue weighted by Gasteiger charge is 2.36. The molecule has 0 aromatic carbocycles. The molecular formula is C8H14Cl2O. The van der Waals surface area contributed by atoms with Crippen molar-refractivity contribution >= 4 is 29.0 Å². The topological polar surface area (TPSA) is 17.1 Å². The number of ketones is 1. The molecule has 11 heavy (non-hydrogen) atoms. The summed E-state index contributed by atoms with van der Waals surface area (Å²) in [6.07, 6.45) is 0. The van der Waals surface area contributed by atoms with E-state index >= 15 is 0 Å². The molecule has 1 nitrogen and oxygen atoms in total. The van der Waals surface area contributed by atoms with Crippen LogP contribution in [-0.2, 0) is 4.79 Å². The van der Waals surface area contributed by atoms with Crippen LogP contribution in [0.5, 0.6) is 0 Å². The van der Waals surface area contributed by atoms with Crippen LogP contribution in [0.4, 0.5) is 0 Å². The van der Waals surface area contributed by atoms with Gasteiger partial charge in [0.25, 0.3) is 0 Å². The second-order valence-electron chi connectivity index (χ2n) is 3.21. The molecule has 0 saturated heterocycles. The minimum atomic E-state index is -0.921. The number of alkyl halides is 2. The fourth-order valence-electron chi connectivity index (χ4n) is 0.760. The Labute approximate surface area is 78.1 Å². The first-order valence-corrected chi connectivity index (χ1v) is 4.49. The van der Waals surface area contributed by atoms with Gasteiger partial charge in [-0.15, -0.1) is 23.2 Å². The highest BCUT2D eigenvalue weighted by molar-refractivity contribution is 6.41. The average Bonchev–Trinajstić information content (AvgIpc) is 1.85. The molecule has 66 valence electrons. The summed E-state index contributed by atoms with van der Waals surface area (Å²) < 4.78 is 0. The zero-order valence-electron chi connectivity index (χ0n) is 7.32. The smallest absolute Gasteiger partial charge is 0.157 e. The van der Waals surface area contributed by atoms with E-state index in [-0.39, 0.29) is 17.1 Å². The van der Waals surface area contributed by atoms with Gasteiger partial charge in [-0.05, 0) is 13.8 Å². The van der Waals surface area contributed by atoms with Crippen molar-refractivity contribution < 1.29 is 4.79 Å². The zero-order valence-corrected chi connectivity index (χ0v) is 8.83. The molecule has 0 fully saturated rings. The van der Waals surface area contributed by atoms with Gasteiger partial charge in [0.05, 0.1) is 5.38 Å². The summed E-state index contributed by atoms with van der Waals surface area (Å²) in [6.45, 7) is 7.04. The Hall–Kier alpha value is 0.250. The number of halogens is 2. The Morgan fingerprint density at radius 3 is 1.82 bits per heavy atom. The van der Waals surface area contributed by atoms with Gasteiger partial charge in [-0.2, -0.15) is 0 Å². The number of Topliss-reactive ketones (excluding diaryl/α,β-unsaturated/α-hetero) is 1. The van der Waals surface area contributed by atoms with E-state index in [0.717, 1.165) is 0 Å². The molecule has 0 radical (unpaired) electrons. The van der Waals surface area contributed by atoms with Crippen molar-refractivity contribution in [2.75, 3.05) is 0 Å². The van der Waals surface area contributed by atoms with Crippen LogP contribution in [0.25, 0.3) is 0 Å². The molecule has 0 aromatic rings. The first-order chi connectivity index (χ1) is 4.80. The lowest BCUT2D eigenvalue weighted by Crippen LogP contribution is -2.39. The predicted molar refractivity (Wildman–Crippen MR) is 49.4 cm³/mol. The van der Waals surface area contributed by atoms with E-state index in [1.165, 1.54) is 0 Å². The van der Waals surface area contributed by atoms with Gasteiger partial charge in [0.15, 0.2) is 5.78 Å². The SMILES string of the molecule is CC(C)C(=O)[C@](C)(Cl)[C@@H](C)Cl. The Bertz CT molecular complexity index is 150. The summed E-state index contributed by atoms with van der Waals surface area (Å²) in [4.78, 5) is 10.5. The maximum atomic E-state index is 11.4. The number of carbonyl (C=O) groups is 1.